The van der Waals surface area contributed by atoms with E-state index in [0.29, 0.717) is 56.4 Å². The van der Waals surface area contributed by atoms with Crippen molar-refractivity contribution in [3.8, 4) is 17.2 Å². The number of rotatable bonds is 6. The molecular formula is C21H23ClN2O5. The van der Waals surface area contributed by atoms with E-state index in [9.17, 15) is 19.8 Å². The summed E-state index contributed by atoms with van der Waals surface area (Å²) in [6.07, 6.45) is 0.935. The number of phenolic OH excluding ortho intramolecular Hbond substituents is 2. The highest BCUT2D eigenvalue weighted by molar-refractivity contribution is 6.32. The summed E-state index contributed by atoms with van der Waals surface area (Å²) in [5.74, 6) is 0.0142. The molecule has 0 unspecified atom stereocenters. The minimum absolute atomic E-state index is 0.0230. The van der Waals surface area contributed by atoms with Gasteiger partial charge in [-0.05, 0) is 30.7 Å². The molecule has 3 rings (SSSR count). The van der Waals surface area contributed by atoms with E-state index in [4.69, 9.17) is 16.3 Å². The average Bonchev–Trinajstić information content (AvgIpc) is 2.71. The molecule has 0 aliphatic carbocycles. The minimum atomic E-state index is -0.281. The summed E-state index contributed by atoms with van der Waals surface area (Å²) >= 11 is 6.03. The van der Waals surface area contributed by atoms with Crippen LogP contribution < -0.4 is 4.74 Å². The van der Waals surface area contributed by atoms with E-state index in [1.165, 1.54) is 18.2 Å². The van der Waals surface area contributed by atoms with Gasteiger partial charge in [-0.15, -0.1) is 0 Å². The Bertz CT molecular complexity index is 861. The molecule has 2 aromatic rings. The van der Waals surface area contributed by atoms with Crippen LogP contribution in [-0.2, 0) is 4.79 Å². The number of hydrogen-bond acceptors (Lipinski definition) is 5. The molecule has 1 saturated heterocycles. The monoisotopic (exact) mass is 418 g/mol. The van der Waals surface area contributed by atoms with Gasteiger partial charge in [-0.2, -0.15) is 0 Å². The summed E-state index contributed by atoms with van der Waals surface area (Å²) in [6, 6.07) is 11.0. The Labute approximate surface area is 174 Å². The molecule has 154 valence electrons. The fourth-order valence-corrected chi connectivity index (χ4v) is 3.38. The number of nitrogens with zero attached hydrogens (tertiary/aromatic N) is 2. The van der Waals surface area contributed by atoms with Crippen molar-refractivity contribution >= 4 is 23.4 Å². The van der Waals surface area contributed by atoms with E-state index in [2.05, 4.69) is 0 Å². The van der Waals surface area contributed by atoms with E-state index in [-0.39, 0.29) is 28.9 Å². The fourth-order valence-electron chi connectivity index (χ4n) is 3.19. The molecule has 1 heterocycles. The number of para-hydroxylation sites is 1. The first-order valence-corrected chi connectivity index (χ1v) is 9.79. The van der Waals surface area contributed by atoms with Gasteiger partial charge in [0.15, 0.2) is 0 Å². The van der Waals surface area contributed by atoms with Crippen LogP contribution in [0.15, 0.2) is 42.5 Å². The van der Waals surface area contributed by atoms with Crippen LogP contribution in [0.25, 0.3) is 0 Å². The summed E-state index contributed by atoms with van der Waals surface area (Å²) in [5, 5.41) is 19.6. The summed E-state index contributed by atoms with van der Waals surface area (Å²) in [5.41, 5.74) is 0.221. The van der Waals surface area contributed by atoms with Gasteiger partial charge in [-0.25, -0.2) is 0 Å². The highest BCUT2D eigenvalue weighted by atomic mass is 35.5. The zero-order valence-corrected chi connectivity index (χ0v) is 16.6. The number of phenols is 2. The van der Waals surface area contributed by atoms with Crippen LogP contribution in [0.2, 0.25) is 5.02 Å². The maximum atomic E-state index is 12.5. The Kier molecular flexibility index (Phi) is 6.82. The van der Waals surface area contributed by atoms with Crippen LogP contribution in [0.3, 0.4) is 0 Å². The molecule has 0 aromatic heterocycles. The third-order valence-electron chi connectivity index (χ3n) is 4.70. The Morgan fingerprint density at radius 1 is 0.966 bits per heavy atom. The van der Waals surface area contributed by atoms with Crippen LogP contribution in [0, 0.1) is 0 Å². The summed E-state index contributed by atoms with van der Waals surface area (Å²) in [6.45, 7) is 2.09. The molecule has 1 aliphatic heterocycles. The molecule has 1 fully saturated rings. The number of carbonyl (C=O) groups excluding carboxylic acids is 2. The molecule has 0 atom stereocenters. The molecular weight excluding hydrogens is 396 g/mol. The lowest BCUT2D eigenvalue weighted by Gasteiger charge is -2.35. The summed E-state index contributed by atoms with van der Waals surface area (Å²) < 4.78 is 5.59. The zero-order chi connectivity index (χ0) is 20.8. The third kappa shape index (κ3) is 5.54. The fraction of sp³-hybridized carbons (Fsp3) is 0.333. The minimum Gasteiger partial charge on any atom is -0.508 e. The number of amides is 2. The van der Waals surface area contributed by atoms with Crippen molar-refractivity contribution in [3.63, 3.8) is 0 Å². The van der Waals surface area contributed by atoms with Gasteiger partial charge in [0.05, 0.1) is 11.6 Å². The van der Waals surface area contributed by atoms with Crippen molar-refractivity contribution < 1.29 is 24.5 Å². The second-order valence-corrected chi connectivity index (χ2v) is 7.20. The Hall–Kier alpha value is -2.93. The van der Waals surface area contributed by atoms with Crippen LogP contribution in [0.4, 0.5) is 0 Å². The van der Waals surface area contributed by atoms with E-state index >= 15 is 0 Å². The first-order valence-electron chi connectivity index (χ1n) is 9.41. The summed E-state index contributed by atoms with van der Waals surface area (Å²) in [7, 11) is 0. The number of carbonyl (C=O) groups is 2. The number of halogens is 1. The largest absolute Gasteiger partial charge is 0.508 e. The molecule has 1 aliphatic rings. The number of hydrogen-bond donors (Lipinski definition) is 2. The van der Waals surface area contributed by atoms with Crippen LogP contribution in [0.5, 0.6) is 17.2 Å². The average molecular weight is 419 g/mol. The smallest absolute Gasteiger partial charge is 0.254 e. The summed E-state index contributed by atoms with van der Waals surface area (Å²) in [4.78, 5) is 28.3. The van der Waals surface area contributed by atoms with Crippen molar-refractivity contribution in [2.75, 3.05) is 32.8 Å². The maximum Gasteiger partial charge on any atom is 0.254 e. The van der Waals surface area contributed by atoms with Crippen molar-refractivity contribution in [2.45, 2.75) is 12.8 Å². The van der Waals surface area contributed by atoms with Gasteiger partial charge in [-0.3, -0.25) is 9.59 Å². The van der Waals surface area contributed by atoms with Gasteiger partial charge < -0.3 is 24.7 Å². The van der Waals surface area contributed by atoms with Crippen molar-refractivity contribution in [3.05, 3.63) is 53.1 Å². The third-order valence-corrected chi connectivity index (χ3v) is 5.01. The number of aromatic hydroxyl groups is 2. The topological polar surface area (TPSA) is 90.3 Å². The molecule has 8 heteroatoms. The van der Waals surface area contributed by atoms with Crippen molar-refractivity contribution in [1.29, 1.82) is 0 Å². The van der Waals surface area contributed by atoms with Crippen molar-refractivity contribution in [1.82, 2.24) is 9.80 Å². The van der Waals surface area contributed by atoms with E-state index < -0.39 is 0 Å². The normalized spacial score (nSPS) is 14.0. The number of piperazine rings is 1. The van der Waals surface area contributed by atoms with Gasteiger partial charge in [0, 0.05) is 44.2 Å². The second-order valence-electron chi connectivity index (χ2n) is 6.79. The Morgan fingerprint density at radius 3 is 2.24 bits per heavy atom. The predicted molar refractivity (Wildman–Crippen MR) is 108 cm³/mol. The molecule has 7 nitrogen and oxygen atoms in total. The first kappa shape index (κ1) is 20.8. The number of benzene rings is 2. The van der Waals surface area contributed by atoms with E-state index in [1.807, 2.05) is 12.1 Å². The first-order chi connectivity index (χ1) is 13.9. The quantitative estimate of drug-likeness (QED) is 0.704. The highest BCUT2D eigenvalue weighted by Crippen LogP contribution is 2.24. The van der Waals surface area contributed by atoms with Gasteiger partial charge in [0.1, 0.15) is 17.2 Å². The molecule has 2 aromatic carbocycles. The van der Waals surface area contributed by atoms with E-state index in [0.717, 1.165) is 0 Å². The van der Waals surface area contributed by atoms with Gasteiger partial charge >= 0.3 is 0 Å². The highest BCUT2D eigenvalue weighted by Gasteiger charge is 2.25. The Morgan fingerprint density at radius 2 is 1.59 bits per heavy atom. The molecule has 2 amide bonds. The molecule has 0 bridgehead atoms. The van der Waals surface area contributed by atoms with Gasteiger partial charge in [0.2, 0.25) is 5.91 Å². The molecule has 29 heavy (non-hydrogen) atoms. The Balaban J connectivity index is 1.42. The molecule has 0 saturated carbocycles. The van der Waals surface area contributed by atoms with Crippen molar-refractivity contribution in [2.24, 2.45) is 0 Å². The second kappa shape index (κ2) is 9.52. The van der Waals surface area contributed by atoms with E-state index in [1.54, 1.807) is 21.9 Å². The predicted octanol–water partition coefficient (Wildman–Crippen LogP) is 2.89. The standard InChI is InChI=1S/C21H23ClN2O5/c22-18-4-1-2-5-19(18)29-11-3-6-20(27)23-7-9-24(10-8-23)21(28)15-12-16(25)14-17(26)13-15/h1-2,4-5,12-14,25-26H,3,6-11H2. The maximum absolute atomic E-state index is 12.5. The number of ether oxygens (including phenoxy) is 1. The van der Waals surface area contributed by atoms with Crippen LogP contribution >= 0.6 is 11.6 Å². The molecule has 2 N–H and O–H groups in total. The van der Waals surface area contributed by atoms with Crippen LogP contribution in [-0.4, -0.2) is 64.6 Å². The lowest BCUT2D eigenvalue weighted by atomic mass is 10.1. The lowest BCUT2D eigenvalue weighted by Crippen LogP contribution is -2.50. The lowest BCUT2D eigenvalue weighted by molar-refractivity contribution is -0.132. The SMILES string of the molecule is O=C(CCCOc1ccccc1Cl)N1CCN(C(=O)c2cc(O)cc(O)c2)CC1. The van der Waals surface area contributed by atoms with Gasteiger partial charge in [-0.1, -0.05) is 23.7 Å². The molecule has 0 spiro atoms. The zero-order valence-electron chi connectivity index (χ0n) is 15.9. The molecule has 0 radical (unpaired) electrons. The van der Waals surface area contributed by atoms with Gasteiger partial charge in [0.25, 0.3) is 5.91 Å². The van der Waals surface area contributed by atoms with Crippen LogP contribution in [0.1, 0.15) is 23.2 Å².